The van der Waals surface area contributed by atoms with Crippen LogP contribution in [0.1, 0.15) is 41.6 Å². The van der Waals surface area contributed by atoms with Crippen LogP contribution in [0.15, 0.2) is 24.3 Å². The summed E-state index contributed by atoms with van der Waals surface area (Å²) in [7, 11) is 0. The summed E-state index contributed by atoms with van der Waals surface area (Å²) in [4.78, 5) is 29.2. The van der Waals surface area contributed by atoms with Gasteiger partial charge in [0.2, 0.25) is 5.91 Å². The Balaban J connectivity index is 1.44. The van der Waals surface area contributed by atoms with Crippen LogP contribution in [0.2, 0.25) is 0 Å². The molecule has 3 atom stereocenters. The Bertz CT molecular complexity index is 766. The zero-order chi connectivity index (χ0) is 20.8. The van der Waals surface area contributed by atoms with Gasteiger partial charge in [-0.2, -0.15) is 13.2 Å². The number of carbonyl (C=O) groups is 2. The van der Waals surface area contributed by atoms with Gasteiger partial charge in [-0.25, -0.2) is 0 Å². The third-order valence-corrected chi connectivity index (χ3v) is 7.29. The summed E-state index contributed by atoms with van der Waals surface area (Å²) < 4.78 is 38.3. The monoisotopic (exact) mass is 427 g/mol. The Morgan fingerprint density at radius 3 is 2.24 bits per heavy atom. The molecule has 3 fully saturated rings. The average molecular weight is 427 g/mol. The molecule has 3 heterocycles. The lowest BCUT2D eigenvalue weighted by Crippen LogP contribution is -2.54. The van der Waals surface area contributed by atoms with Crippen molar-refractivity contribution in [2.45, 2.75) is 50.0 Å². The molecule has 158 valence electrons. The highest BCUT2D eigenvalue weighted by Crippen LogP contribution is 2.41. The van der Waals surface area contributed by atoms with Gasteiger partial charge in [-0.1, -0.05) is 0 Å². The molecule has 3 aliphatic heterocycles. The van der Waals surface area contributed by atoms with Gasteiger partial charge in [-0.15, -0.1) is 11.8 Å². The molecule has 3 saturated heterocycles. The van der Waals surface area contributed by atoms with E-state index in [-0.39, 0.29) is 35.4 Å². The highest BCUT2D eigenvalue weighted by Gasteiger charge is 2.46. The quantitative estimate of drug-likeness (QED) is 0.806. The molecule has 2 amide bonds. The van der Waals surface area contributed by atoms with E-state index >= 15 is 0 Å². The third kappa shape index (κ3) is 3.99. The van der Waals surface area contributed by atoms with Crippen LogP contribution in [0.5, 0.6) is 0 Å². The first-order valence-electron chi connectivity index (χ1n) is 9.87. The Hall–Kier alpha value is -1.74. The van der Waals surface area contributed by atoms with E-state index in [4.69, 9.17) is 5.73 Å². The molecule has 0 aliphatic carbocycles. The summed E-state index contributed by atoms with van der Waals surface area (Å²) in [6, 6.07) is 3.81. The van der Waals surface area contributed by atoms with Gasteiger partial charge in [-0.05, 0) is 55.9 Å². The van der Waals surface area contributed by atoms with Crippen molar-refractivity contribution in [1.82, 2.24) is 9.80 Å². The lowest BCUT2D eigenvalue weighted by Gasteiger charge is -2.41. The number of carbonyl (C=O) groups excluding carboxylic acids is 2. The number of nitrogens with two attached hydrogens (primary N) is 1. The number of alkyl halides is 3. The lowest BCUT2D eigenvalue weighted by atomic mass is 9.84. The minimum Gasteiger partial charge on any atom is -0.333 e. The van der Waals surface area contributed by atoms with Crippen LogP contribution in [0.4, 0.5) is 13.2 Å². The van der Waals surface area contributed by atoms with Gasteiger partial charge in [0.15, 0.2) is 0 Å². The number of hydrogen-bond donors (Lipinski definition) is 1. The molecular formula is C20H24F3N3O2S. The molecular weight excluding hydrogens is 403 g/mol. The van der Waals surface area contributed by atoms with Crippen molar-refractivity contribution in [1.29, 1.82) is 0 Å². The summed E-state index contributed by atoms with van der Waals surface area (Å²) in [5.41, 5.74) is 5.81. The van der Waals surface area contributed by atoms with E-state index in [1.165, 1.54) is 12.1 Å². The molecule has 1 aromatic rings. The minimum absolute atomic E-state index is 0.0121. The molecule has 1 aromatic carbocycles. The molecule has 0 radical (unpaired) electrons. The van der Waals surface area contributed by atoms with Gasteiger partial charge in [0.25, 0.3) is 5.91 Å². The van der Waals surface area contributed by atoms with Gasteiger partial charge in [0, 0.05) is 29.9 Å². The number of rotatable bonds is 3. The summed E-state index contributed by atoms with van der Waals surface area (Å²) in [6.45, 7) is 0.731. The van der Waals surface area contributed by atoms with Gasteiger partial charge in [0.05, 0.1) is 17.5 Å². The molecule has 2 bridgehead atoms. The zero-order valence-corrected chi connectivity index (χ0v) is 16.7. The fourth-order valence-corrected chi connectivity index (χ4v) is 5.75. The van der Waals surface area contributed by atoms with Crippen LogP contribution in [0.3, 0.4) is 0 Å². The second kappa shape index (κ2) is 7.83. The van der Waals surface area contributed by atoms with E-state index in [9.17, 15) is 22.8 Å². The van der Waals surface area contributed by atoms with Gasteiger partial charge >= 0.3 is 6.18 Å². The molecule has 0 spiro atoms. The van der Waals surface area contributed by atoms with Crippen LogP contribution in [0.25, 0.3) is 0 Å². The Kier molecular flexibility index (Phi) is 5.54. The van der Waals surface area contributed by atoms with Crippen molar-refractivity contribution in [2.75, 3.05) is 18.2 Å². The van der Waals surface area contributed by atoms with E-state index in [1.807, 2.05) is 4.90 Å². The first kappa shape index (κ1) is 20.5. The van der Waals surface area contributed by atoms with E-state index in [1.54, 1.807) is 16.7 Å². The van der Waals surface area contributed by atoms with Crippen molar-refractivity contribution in [3.8, 4) is 0 Å². The van der Waals surface area contributed by atoms with Gasteiger partial charge in [0.1, 0.15) is 0 Å². The number of thioether (sulfide) groups is 1. The molecule has 0 aromatic heterocycles. The highest BCUT2D eigenvalue weighted by atomic mass is 32.2. The smallest absolute Gasteiger partial charge is 0.333 e. The third-order valence-electron chi connectivity index (χ3n) is 6.32. The number of halogens is 3. The second-order valence-corrected chi connectivity index (χ2v) is 9.14. The normalized spacial score (nSPS) is 27.9. The lowest BCUT2D eigenvalue weighted by molar-refractivity contribution is -0.137. The largest absolute Gasteiger partial charge is 0.416 e. The number of hydrogen-bond acceptors (Lipinski definition) is 4. The van der Waals surface area contributed by atoms with Crippen LogP contribution in [-0.2, 0) is 11.0 Å². The van der Waals surface area contributed by atoms with Crippen molar-refractivity contribution >= 4 is 23.6 Å². The fourth-order valence-electron chi connectivity index (χ4n) is 4.80. The number of benzene rings is 1. The molecule has 2 N–H and O–H groups in total. The van der Waals surface area contributed by atoms with Crippen LogP contribution < -0.4 is 5.73 Å². The molecule has 0 unspecified atom stereocenters. The Morgan fingerprint density at radius 2 is 1.72 bits per heavy atom. The average Bonchev–Trinajstić information content (AvgIpc) is 3.32. The molecule has 29 heavy (non-hydrogen) atoms. The van der Waals surface area contributed by atoms with Crippen molar-refractivity contribution in [2.24, 2.45) is 11.7 Å². The van der Waals surface area contributed by atoms with Crippen molar-refractivity contribution < 1.29 is 22.8 Å². The molecule has 0 saturated carbocycles. The first-order valence-corrected chi connectivity index (χ1v) is 11.0. The molecule has 4 rings (SSSR count). The summed E-state index contributed by atoms with van der Waals surface area (Å²) >= 11 is 1.72. The number of piperidine rings is 1. The van der Waals surface area contributed by atoms with Crippen LogP contribution in [0, 0.1) is 5.92 Å². The van der Waals surface area contributed by atoms with Crippen molar-refractivity contribution in [3.05, 3.63) is 35.4 Å². The summed E-state index contributed by atoms with van der Waals surface area (Å²) in [5.74, 6) is 1.40. The minimum atomic E-state index is -4.42. The maximum atomic E-state index is 13.0. The topological polar surface area (TPSA) is 66.6 Å². The highest BCUT2D eigenvalue weighted by molar-refractivity contribution is 7.99. The number of nitrogens with zero attached hydrogens (tertiary/aromatic N) is 2. The van der Waals surface area contributed by atoms with Crippen LogP contribution in [-0.4, -0.2) is 57.9 Å². The molecule has 5 nitrogen and oxygen atoms in total. The Morgan fingerprint density at radius 1 is 1.10 bits per heavy atom. The van der Waals surface area contributed by atoms with E-state index in [2.05, 4.69) is 0 Å². The predicted molar refractivity (Wildman–Crippen MR) is 104 cm³/mol. The zero-order valence-electron chi connectivity index (χ0n) is 15.9. The van der Waals surface area contributed by atoms with E-state index < -0.39 is 17.8 Å². The Labute approximate surface area is 171 Å². The maximum Gasteiger partial charge on any atom is 0.416 e. The molecule has 9 heteroatoms. The number of fused-ring (bicyclic) bond motifs is 2. The SMILES string of the molecule is N[C@H](C(=O)N1CCSC1)C1C[C@@H]2CC[C@@H](C1)N2C(=O)c1ccc(C(F)(F)F)cc1. The standard InChI is InChI=1S/C20H24F3N3O2S/c21-20(22,23)14-3-1-12(2-4-14)18(27)26-15-5-6-16(26)10-13(9-15)17(24)19(28)25-7-8-29-11-25/h1-4,13,15-17H,5-11,24H2/t15-,16-,17-/m0/s1. The maximum absolute atomic E-state index is 13.0. The van der Waals surface area contributed by atoms with Crippen molar-refractivity contribution in [3.63, 3.8) is 0 Å². The summed E-state index contributed by atoms with van der Waals surface area (Å²) in [6.07, 6.45) is -1.41. The van der Waals surface area contributed by atoms with Crippen LogP contribution >= 0.6 is 11.8 Å². The second-order valence-electron chi connectivity index (χ2n) is 8.07. The van der Waals surface area contributed by atoms with Gasteiger partial charge < -0.3 is 15.5 Å². The first-order chi connectivity index (χ1) is 13.8. The summed E-state index contributed by atoms with van der Waals surface area (Å²) in [5, 5.41) is 0. The fraction of sp³-hybridized carbons (Fsp3) is 0.600. The van der Waals surface area contributed by atoms with E-state index in [0.717, 1.165) is 37.3 Å². The number of amides is 2. The van der Waals surface area contributed by atoms with E-state index in [0.29, 0.717) is 18.7 Å². The predicted octanol–water partition coefficient (Wildman–Crippen LogP) is 2.95. The molecule has 3 aliphatic rings. The van der Waals surface area contributed by atoms with Gasteiger partial charge in [-0.3, -0.25) is 9.59 Å².